The molecule has 0 heterocycles. The summed E-state index contributed by atoms with van der Waals surface area (Å²) in [6.07, 6.45) is 10.2. The number of hydrogen-bond acceptors (Lipinski definition) is 6. The molecular weight excluding hydrogens is 276 g/mol. The molecule has 0 aromatic carbocycles. The fourth-order valence-corrected chi connectivity index (χ4v) is 0.936. The summed E-state index contributed by atoms with van der Waals surface area (Å²) in [5, 5.41) is 0. The molecule has 1 rings (SSSR count). The minimum absolute atomic E-state index is 0.189. The molecule has 0 aliphatic heterocycles. The first kappa shape index (κ1) is 18.1. The SMILES string of the molecule is C=CC(=O)OC1C=CC=C1.C=CC(=O)OCOC(=O)C=C. The van der Waals surface area contributed by atoms with Crippen LogP contribution in [0.5, 0.6) is 0 Å². The van der Waals surface area contributed by atoms with Crippen LogP contribution in [0.4, 0.5) is 0 Å². The van der Waals surface area contributed by atoms with Crippen LogP contribution < -0.4 is 0 Å². The molecule has 0 unspecified atom stereocenters. The Bertz CT molecular complexity index is 441. The fraction of sp³-hybridized carbons (Fsp3) is 0.133. The van der Waals surface area contributed by atoms with Gasteiger partial charge in [0.1, 0.15) is 6.10 Å². The molecular formula is C15H16O6. The Hall–Kier alpha value is -2.89. The molecule has 0 saturated carbocycles. The van der Waals surface area contributed by atoms with Crippen LogP contribution in [0.25, 0.3) is 0 Å². The molecule has 0 aromatic heterocycles. The number of allylic oxidation sites excluding steroid dienone is 2. The molecule has 1 aliphatic rings. The van der Waals surface area contributed by atoms with Crippen LogP contribution in [-0.2, 0) is 28.6 Å². The summed E-state index contributed by atoms with van der Waals surface area (Å²) in [6, 6.07) is 0. The second kappa shape index (κ2) is 11.0. The predicted molar refractivity (Wildman–Crippen MR) is 75.8 cm³/mol. The van der Waals surface area contributed by atoms with Crippen LogP contribution in [0.2, 0.25) is 0 Å². The molecule has 6 heteroatoms. The Morgan fingerprint density at radius 1 is 0.857 bits per heavy atom. The van der Waals surface area contributed by atoms with Crippen molar-refractivity contribution in [3.63, 3.8) is 0 Å². The second-order valence-corrected chi connectivity index (χ2v) is 3.33. The highest BCUT2D eigenvalue weighted by Gasteiger charge is 2.06. The molecule has 0 atom stereocenters. The highest BCUT2D eigenvalue weighted by atomic mass is 16.7. The fourth-order valence-electron chi connectivity index (χ4n) is 0.936. The largest absolute Gasteiger partial charge is 0.451 e. The first-order valence-corrected chi connectivity index (χ1v) is 5.80. The van der Waals surface area contributed by atoms with E-state index in [1.165, 1.54) is 0 Å². The van der Waals surface area contributed by atoms with E-state index in [0.29, 0.717) is 0 Å². The van der Waals surface area contributed by atoms with Crippen molar-refractivity contribution in [3.8, 4) is 0 Å². The van der Waals surface area contributed by atoms with Gasteiger partial charge < -0.3 is 14.2 Å². The zero-order chi connectivity index (χ0) is 16.1. The molecule has 0 radical (unpaired) electrons. The van der Waals surface area contributed by atoms with E-state index in [9.17, 15) is 14.4 Å². The van der Waals surface area contributed by atoms with Gasteiger partial charge in [0.15, 0.2) is 0 Å². The zero-order valence-corrected chi connectivity index (χ0v) is 11.4. The second-order valence-electron chi connectivity index (χ2n) is 3.33. The van der Waals surface area contributed by atoms with Gasteiger partial charge in [-0.2, -0.15) is 0 Å². The van der Waals surface area contributed by atoms with Crippen molar-refractivity contribution < 1.29 is 28.6 Å². The van der Waals surface area contributed by atoms with Gasteiger partial charge in [-0.3, -0.25) is 0 Å². The molecule has 0 saturated heterocycles. The molecule has 21 heavy (non-hydrogen) atoms. The molecule has 0 amide bonds. The van der Waals surface area contributed by atoms with Crippen LogP contribution >= 0.6 is 0 Å². The Kier molecular flexibility index (Phi) is 9.47. The Labute approximate surface area is 122 Å². The van der Waals surface area contributed by atoms with Gasteiger partial charge in [0.25, 0.3) is 0 Å². The highest BCUT2D eigenvalue weighted by molar-refractivity contribution is 5.82. The van der Waals surface area contributed by atoms with Crippen molar-refractivity contribution in [2.75, 3.05) is 6.79 Å². The monoisotopic (exact) mass is 292 g/mol. The Morgan fingerprint density at radius 3 is 1.67 bits per heavy atom. The first-order valence-electron chi connectivity index (χ1n) is 5.80. The summed E-state index contributed by atoms with van der Waals surface area (Å²) >= 11 is 0. The average molecular weight is 292 g/mol. The van der Waals surface area contributed by atoms with Crippen LogP contribution in [0.15, 0.2) is 62.3 Å². The van der Waals surface area contributed by atoms with Gasteiger partial charge in [-0.1, -0.05) is 31.9 Å². The molecule has 112 valence electrons. The molecule has 6 nitrogen and oxygen atoms in total. The van der Waals surface area contributed by atoms with Crippen molar-refractivity contribution in [3.05, 3.63) is 62.3 Å². The topological polar surface area (TPSA) is 78.9 Å². The maximum Gasteiger partial charge on any atom is 0.333 e. The normalized spacial score (nSPS) is 11.6. The van der Waals surface area contributed by atoms with Gasteiger partial charge in [-0.05, 0) is 12.2 Å². The lowest BCUT2D eigenvalue weighted by molar-refractivity contribution is -0.160. The van der Waals surface area contributed by atoms with Gasteiger partial charge in [0.05, 0.1) is 0 Å². The zero-order valence-electron chi connectivity index (χ0n) is 11.4. The molecule has 0 fully saturated rings. The number of carbonyl (C=O) groups is 3. The lowest BCUT2D eigenvalue weighted by Crippen LogP contribution is -2.09. The number of carbonyl (C=O) groups excluding carboxylic acids is 3. The minimum Gasteiger partial charge on any atom is -0.451 e. The number of esters is 3. The molecule has 0 bridgehead atoms. The molecule has 0 N–H and O–H groups in total. The standard InChI is InChI=1S/C8H8O2.C7H8O4/c1-2-8(9)10-7-5-3-4-6-7;1-3-6(8)10-5-11-7(9)4-2/h2-7H,1H2;3-4H,1-2,5H2. The van der Waals surface area contributed by atoms with Crippen molar-refractivity contribution in [1.82, 2.24) is 0 Å². The summed E-state index contributed by atoms with van der Waals surface area (Å²) in [4.78, 5) is 31.2. The predicted octanol–water partition coefficient (Wildman–Crippen LogP) is 1.61. The smallest absolute Gasteiger partial charge is 0.333 e. The summed E-state index contributed by atoms with van der Waals surface area (Å²) < 4.78 is 13.5. The van der Waals surface area contributed by atoms with Crippen LogP contribution in [-0.4, -0.2) is 30.8 Å². The van der Waals surface area contributed by atoms with E-state index in [1.54, 1.807) is 12.2 Å². The summed E-state index contributed by atoms with van der Waals surface area (Å²) in [7, 11) is 0. The van der Waals surface area contributed by atoms with E-state index in [4.69, 9.17) is 4.74 Å². The molecule has 0 aromatic rings. The Morgan fingerprint density at radius 2 is 1.29 bits per heavy atom. The maximum absolute atomic E-state index is 10.6. The minimum atomic E-state index is -0.637. The number of hydrogen-bond donors (Lipinski definition) is 0. The van der Waals surface area contributed by atoms with Gasteiger partial charge in [-0.15, -0.1) is 0 Å². The van der Waals surface area contributed by atoms with E-state index in [0.717, 1.165) is 18.2 Å². The van der Waals surface area contributed by atoms with Crippen molar-refractivity contribution in [2.24, 2.45) is 0 Å². The maximum atomic E-state index is 10.6. The highest BCUT2D eigenvalue weighted by Crippen LogP contribution is 2.04. The summed E-state index contributed by atoms with van der Waals surface area (Å²) in [5.74, 6) is -1.66. The van der Waals surface area contributed by atoms with Gasteiger partial charge >= 0.3 is 17.9 Å². The molecule has 1 aliphatic carbocycles. The van der Waals surface area contributed by atoms with E-state index < -0.39 is 18.7 Å². The lowest BCUT2D eigenvalue weighted by atomic mass is 10.4. The third kappa shape index (κ3) is 9.66. The number of ether oxygens (including phenoxy) is 3. The molecule has 0 spiro atoms. The Balaban J connectivity index is 0.000000382. The lowest BCUT2D eigenvalue weighted by Gasteiger charge is -2.03. The van der Waals surface area contributed by atoms with E-state index in [-0.39, 0.29) is 12.1 Å². The first-order chi connectivity index (χ1) is 10.0. The van der Waals surface area contributed by atoms with Crippen molar-refractivity contribution in [2.45, 2.75) is 6.10 Å². The van der Waals surface area contributed by atoms with E-state index in [1.807, 2.05) is 12.2 Å². The van der Waals surface area contributed by atoms with Crippen molar-refractivity contribution in [1.29, 1.82) is 0 Å². The van der Waals surface area contributed by atoms with Crippen LogP contribution in [0.3, 0.4) is 0 Å². The van der Waals surface area contributed by atoms with Crippen molar-refractivity contribution >= 4 is 17.9 Å². The summed E-state index contributed by atoms with van der Waals surface area (Å²) in [6.45, 7) is 9.16. The van der Waals surface area contributed by atoms with E-state index in [2.05, 4.69) is 29.2 Å². The average Bonchev–Trinajstić information content (AvgIpc) is 3.00. The van der Waals surface area contributed by atoms with Gasteiger partial charge in [0, 0.05) is 18.2 Å². The quantitative estimate of drug-likeness (QED) is 0.420. The van der Waals surface area contributed by atoms with Gasteiger partial charge in [-0.25, -0.2) is 14.4 Å². The third-order valence-electron chi connectivity index (χ3n) is 1.87. The third-order valence-corrected chi connectivity index (χ3v) is 1.87. The van der Waals surface area contributed by atoms with Gasteiger partial charge in [0.2, 0.25) is 6.79 Å². The van der Waals surface area contributed by atoms with E-state index >= 15 is 0 Å². The number of rotatable bonds is 6. The summed E-state index contributed by atoms with van der Waals surface area (Å²) in [5.41, 5.74) is 0. The van der Waals surface area contributed by atoms with Crippen LogP contribution in [0, 0.1) is 0 Å². The van der Waals surface area contributed by atoms with Crippen LogP contribution in [0.1, 0.15) is 0 Å².